The minimum absolute atomic E-state index is 0. The van der Waals surface area contributed by atoms with Gasteiger partial charge in [0.15, 0.2) is 0 Å². The first-order chi connectivity index (χ1) is 16.7. The number of carbonyl (C=O) groups is 1. The number of rotatable bonds is 12. The van der Waals surface area contributed by atoms with E-state index in [1.807, 2.05) is 36.4 Å². The van der Waals surface area contributed by atoms with Gasteiger partial charge in [0.05, 0.1) is 12.1 Å². The zero-order valence-electron chi connectivity index (χ0n) is 20.7. The van der Waals surface area contributed by atoms with Crippen molar-refractivity contribution < 1.29 is 4.79 Å². The number of benzene rings is 2. The second-order valence-electron chi connectivity index (χ2n) is 8.81. The van der Waals surface area contributed by atoms with Crippen LogP contribution in [-0.4, -0.2) is 54.0 Å². The summed E-state index contributed by atoms with van der Waals surface area (Å²) < 4.78 is 0. The monoisotopic (exact) mass is 528 g/mol. The van der Waals surface area contributed by atoms with E-state index in [1.165, 1.54) is 11.1 Å². The van der Waals surface area contributed by atoms with Crippen molar-refractivity contribution in [2.24, 2.45) is 5.73 Å². The summed E-state index contributed by atoms with van der Waals surface area (Å²) in [6, 6.07) is 22.1. The van der Waals surface area contributed by atoms with Gasteiger partial charge >= 0.3 is 0 Å². The van der Waals surface area contributed by atoms with Gasteiger partial charge in [0.25, 0.3) is 0 Å². The number of likely N-dealkylation sites (tertiary alicyclic amines) is 1. The van der Waals surface area contributed by atoms with Crippen LogP contribution in [0.3, 0.4) is 0 Å². The van der Waals surface area contributed by atoms with Crippen molar-refractivity contribution in [3.8, 4) is 6.07 Å². The molecule has 0 aliphatic carbocycles. The third-order valence-electron chi connectivity index (χ3n) is 6.19. The fraction of sp³-hybridized carbons (Fsp3) is 0.379. The Balaban J connectivity index is 0.00000324. The highest BCUT2D eigenvalue weighted by atomic mass is 35.5. The van der Waals surface area contributed by atoms with E-state index < -0.39 is 6.04 Å². The van der Waals surface area contributed by atoms with Gasteiger partial charge in [-0.25, -0.2) is 0 Å². The van der Waals surface area contributed by atoms with E-state index in [0.29, 0.717) is 13.0 Å². The van der Waals surface area contributed by atoms with Crippen LogP contribution in [0.1, 0.15) is 43.2 Å². The van der Waals surface area contributed by atoms with Crippen LogP contribution in [0, 0.1) is 11.3 Å². The van der Waals surface area contributed by atoms with E-state index in [2.05, 4.69) is 59.5 Å². The van der Waals surface area contributed by atoms with Crippen LogP contribution in [-0.2, 0) is 4.79 Å². The predicted molar refractivity (Wildman–Crippen MR) is 154 cm³/mol. The molecule has 1 saturated heterocycles. The topological polar surface area (TPSA) is 73.4 Å². The van der Waals surface area contributed by atoms with Crippen LogP contribution < -0.4 is 5.73 Å². The van der Waals surface area contributed by atoms with Gasteiger partial charge in [0.1, 0.15) is 6.04 Å². The molecular weight excluding hydrogens is 491 g/mol. The molecule has 1 aliphatic rings. The molecule has 1 amide bonds. The van der Waals surface area contributed by atoms with Crippen LogP contribution in [0.2, 0.25) is 0 Å². The summed E-state index contributed by atoms with van der Waals surface area (Å²) in [6.07, 6.45) is 12.9. The van der Waals surface area contributed by atoms with Crippen molar-refractivity contribution >= 4 is 42.9 Å². The number of nitrogens with two attached hydrogens (primary N) is 1. The van der Waals surface area contributed by atoms with Crippen molar-refractivity contribution in [2.45, 2.75) is 44.2 Å². The van der Waals surface area contributed by atoms with Gasteiger partial charge in [-0.2, -0.15) is 5.26 Å². The molecule has 0 radical (unpaired) electrons. The summed E-state index contributed by atoms with van der Waals surface area (Å²) in [7, 11) is 0. The lowest BCUT2D eigenvalue weighted by molar-refractivity contribution is -0.132. The van der Waals surface area contributed by atoms with Crippen molar-refractivity contribution in [2.75, 3.05) is 26.2 Å². The van der Waals surface area contributed by atoms with E-state index in [0.717, 1.165) is 45.3 Å². The molecule has 0 unspecified atom stereocenters. The average molecular weight is 530 g/mol. The fourth-order valence-electron chi connectivity index (χ4n) is 4.26. The lowest BCUT2D eigenvalue weighted by Gasteiger charge is -2.24. The first kappa shape index (κ1) is 31.4. The summed E-state index contributed by atoms with van der Waals surface area (Å²) >= 11 is 0. The first-order valence-electron chi connectivity index (χ1n) is 12.3. The molecule has 7 heteroatoms. The number of amides is 1. The summed E-state index contributed by atoms with van der Waals surface area (Å²) in [5.41, 5.74) is 8.58. The molecule has 3 rings (SSSR count). The standard InChI is InChI=1S/C29H36N4O.2ClH/c30-24-27-18-11-23-33(27)29(34)28(31)19-7-8-20-32(21-9-16-25-12-3-1-4-13-25)22-10-17-26-14-5-2-6-15-26;;/h1-6,9-10,12-17,27-28H,7-8,11,18-23,31H2;2*1H/t27-,28-;;/m0../s1. The molecule has 1 fully saturated rings. The Kier molecular flexibility index (Phi) is 15.5. The minimum Gasteiger partial charge on any atom is -0.325 e. The Morgan fingerprint density at radius 3 is 2.08 bits per heavy atom. The molecule has 2 aromatic rings. The number of hydrogen-bond acceptors (Lipinski definition) is 4. The second-order valence-corrected chi connectivity index (χ2v) is 8.81. The highest BCUT2D eigenvalue weighted by Crippen LogP contribution is 2.18. The van der Waals surface area contributed by atoms with Gasteiger partial charge in [-0.3, -0.25) is 9.69 Å². The largest absolute Gasteiger partial charge is 0.325 e. The molecule has 0 spiro atoms. The van der Waals surface area contributed by atoms with E-state index in [1.54, 1.807) is 4.90 Å². The van der Waals surface area contributed by atoms with E-state index >= 15 is 0 Å². The van der Waals surface area contributed by atoms with Gasteiger partial charge in [-0.15, -0.1) is 24.8 Å². The number of hydrogen-bond donors (Lipinski definition) is 1. The smallest absolute Gasteiger partial charge is 0.240 e. The minimum atomic E-state index is -0.515. The number of nitriles is 1. The Morgan fingerprint density at radius 1 is 1.00 bits per heavy atom. The molecule has 2 atom stereocenters. The van der Waals surface area contributed by atoms with E-state index in [4.69, 9.17) is 5.73 Å². The first-order valence-corrected chi connectivity index (χ1v) is 12.3. The van der Waals surface area contributed by atoms with Gasteiger partial charge in [0, 0.05) is 19.6 Å². The van der Waals surface area contributed by atoms with Crippen molar-refractivity contribution in [3.63, 3.8) is 0 Å². The highest BCUT2D eigenvalue weighted by molar-refractivity contribution is 5.85. The lowest BCUT2D eigenvalue weighted by Crippen LogP contribution is -2.45. The zero-order chi connectivity index (χ0) is 24.0. The van der Waals surface area contributed by atoms with Crippen LogP contribution in [0.15, 0.2) is 72.8 Å². The second kappa shape index (κ2) is 17.8. The molecule has 0 aromatic heterocycles. The van der Waals surface area contributed by atoms with Gasteiger partial charge in [-0.1, -0.05) is 91.4 Å². The number of nitrogens with zero attached hydrogens (tertiary/aromatic N) is 3. The maximum atomic E-state index is 12.6. The molecule has 194 valence electrons. The number of carbonyl (C=O) groups excluding carboxylic acids is 1. The number of halogens is 2. The summed E-state index contributed by atoms with van der Waals surface area (Å²) in [5.74, 6) is -0.0718. The Bertz CT molecular complexity index is 924. The van der Waals surface area contributed by atoms with Crippen LogP contribution >= 0.6 is 24.8 Å². The molecule has 36 heavy (non-hydrogen) atoms. The summed E-state index contributed by atoms with van der Waals surface area (Å²) in [4.78, 5) is 16.7. The molecule has 2 N–H and O–H groups in total. The third-order valence-corrected chi connectivity index (χ3v) is 6.19. The van der Waals surface area contributed by atoms with E-state index in [9.17, 15) is 10.1 Å². The highest BCUT2D eigenvalue weighted by Gasteiger charge is 2.31. The summed E-state index contributed by atoms with van der Waals surface area (Å²) in [6.45, 7) is 3.30. The SMILES string of the molecule is Cl.Cl.N#C[C@@H]1CCCN1C(=O)[C@@H](N)CCCCN(CC=Cc1ccccc1)CC=Cc1ccccc1. The normalized spacial score (nSPS) is 16.0. The zero-order valence-corrected chi connectivity index (χ0v) is 22.4. The lowest BCUT2D eigenvalue weighted by atomic mass is 10.1. The van der Waals surface area contributed by atoms with Crippen LogP contribution in [0.5, 0.6) is 0 Å². The van der Waals surface area contributed by atoms with Crippen molar-refractivity contribution in [1.82, 2.24) is 9.80 Å². The fourth-order valence-corrected chi connectivity index (χ4v) is 4.26. The van der Waals surface area contributed by atoms with E-state index in [-0.39, 0.29) is 36.8 Å². The number of unbranched alkanes of at least 4 members (excludes halogenated alkanes) is 1. The van der Waals surface area contributed by atoms with Crippen LogP contribution in [0.4, 0.5) is 0 Å². The van der Waals surface area contributed by atoms with Crippen molar-refractivity contribution in [1.29, 1.82) is 5.26 Å². The maximum Gasteiger partial charge on any atom is 0.240 e. The van der Waals surface area contributed by atoms with Gasteiger partial charge in [-0.05, 0) is 43.4 Å². The Labute approximate surface area is 228 Å². The summed E-state index contributed by atoms with van der Waals surface area (Å²) in [5, 5.41) is 9.23. The molecule has 1 heterocycles. The molecular formula is C29H38Cl2N4O. The van der Waals surface area contributed by atoms with Gasteiger partial charge in [0.2, 0.25) is 5.91 Å². The Morgan fingerprint density at radius 2 is 1.56 bits per heavy atom. The molecule has 1 aliphatic heterocycles. The average Bonchev–Trinajstić information content (AvgIpc) is 3.36. The Hall–Kier alpha value is -2.62. The molecule has 0 bridgehead atoms. The quantitative estimate of drug-likeness (QED) is 0.365. The maximum absolute atomic E-state index is 12.6. The van der Waals surface area contributed by atoms with Crippen LogP contribution in [0.25, 0.3) is 12.2 Å². The molecule has 0 saturated carbocycles. The molecule has 2 aromatic carbocycles. The molecule has 5 nitrogen and oxygen atoms in total. The van der Waals surface area contributed by atoms with Crippen molar-refractivity contribution in [3.05, 3.63) is 83.9 Å². The predicted octanol–water partition coefficient (Wildman–Crippen LogP) is 5.57. The van der Waals surface area contributed by atoms with Gasteiger partial charge < -0.3 is 10.6 Å². The third kappa shape index (κ3) is 10.6.